The minimum atomic E-state index is -0.799. The first-order chi connectivity index (χ1) is 9.97. The summed E-state index contributed by atoms with van der Waals surface area (Å²) in [5.41, 5.74) is 0.247. The summed E-state index contributed by atoms with van der Waals surface area (Å²) in [7, 11) is 1.62. The van der Waals surface area contributed by atoms with Crippen molar-refractivity contribution in [3.8, 4) is 0 Å². The maximum absolute atomic E-state index is 12.3. The third-order valence-electron chi connectivity index (χ3n) is 4.30. The number of hydrogen-bond donors (Lipinski definition) is 2. The molecule has 0 aliphatic heterocycles. The molecular formula is C18H27NO2. The third-order valence-corrected chi connectivity index (χ3v) is 4.30. The number of rotatable bonds is 8. The van der Waals surface area contributed by atoms with Crippen LogP contribution in [0, 0.1) is 5.41 Å². The number of allylic oxidation sites excluding steroid dienone is 1. The van der Waals surface area contributed by atoms with Crippen molar-refractivity contribution < 1.29 is 9.90 Å². The van der Waals surface area contributed by atoms with Crippen LogP contribution in [0.25, 0.3) is 0 Å². The topological polar surface area (TPSA) is 49.3 Å². The van der Waals surface area contributed by atoms with E-state index in [2.05, 4.69) is 11.9 Å². The highest BCUT2D eigenvalue weighted by Crippen LogP contribution is 2.36. The largest absolute Gasteiger partial charge is 0.391 e. The van der Waals surface area contributed by atoms with E-state index in [1.165, 1.54) is 0 Å². The Bertz CT molecular complexity index is 458. The van der Waals surface area contributed by atoms with Gasteiger partial charge in [0, 0.05) is 13.0 Å². The molecule has 1 aromatic rings. The fourth-order valence-electron chi connectivity index (χ4n) is 2.79. The van der Waals surface area contributed by atoms with Gasteiger partial charge in [0.15, 0.2) is 0 Å². The second kappa shape index (κ2) is 7.99. The van der Waals surface area contributed by atoms with E-state index in [0.29, 0.717) is 6.42 Å². The lowest BCUT2D eigenvalue weighted by Crippen LogP contribution is -2.47. The van der Waals surface area contributed by atoms with Crippen molar-refractivity contribution in [3.05, 3.63) is 48.6 Å². The molecule has 0 spiro atoms. The number of carbonyl (C=O) groups is 1. The molecule has 116 valence electrons. The standard InChI is InChI=1S/C18H27NO2/c1-5-6-10-13-18(3,17(21)19-4)16(20)14(2)15-11-8-7-9-12-15/h5,7-9,11-12,14,16,20H,1,6,10,13H2,2-4H3,(H,19,21)/t14?,16?,18-/m0/s1. The fourth-order valence-corrected chi connectivity index (χ4v) is 2.79. The van der Waals surface area contributed by atoms with Crippen LogP contribution in [-0.4, -0.2) is 24.2 Å². The van der Waals surface area contributed by atoms with Crippen molar-refractivity contribution in [1.29, 1.82) is 0 Å². The van der Waals surface area contributed by atoms with E-state index in [-0.39, 0.29) is 11.8 Å². The lowest BCUT2D eigenvalue weighted by atomic mass is 9.72. The first-order valence-electron chi connectivity index (χ1n) is 7.53. The zero-order valence-electron chi connectivity index (χ0n) is 13.3. The van der Waals surface area contributed by atoms with E-state index in [1.54, 1.807) is 7.05 Å². The molecule has 0 radical (unpaired) electrons. The molecule has 0 fully saturated rings. The molecule has 0 aliphatic rings. The van der Waals surface area contributed by atoms with Gasteiger partial charge in [-0.2, -0.15) is 0 Å². The molecule has 21 heavy (non-hydrogen) atoms. The quantitative estimate of drug-likeness (QED) is 0.570. The zero-order valence-corrected chi connectivity index (χ0v) is 13.3. The van der Waals surface area contributed by atoms with Crippen LogP contribution in [0.5, 0.6) is 0 Å². The van der Waals surface area contributed by atoms with Gasteiger partial charge in [0.2, 0.25) is 5.91 Å². The Labute approximate surface area is 128 Å². The third kappa shape index (κ3) is 4.18. The number of unbranched alkanes of at least 4 members (excludes halogenated alkanes) is 1. The molecule has 3 atom stereocenters. The molecular weight excluding hydrogens is 262 g/mol. The van der Waals surface area contributed by atoms with E-state index < -0.39 is 11.5 Å². The van der Waals surface area contributed by atoms with E-state index >= 15 is 0 Å². The molecule has 0 aliphatic carbocycles. The molecule has 0 saturated carbocycles. The van der Waals surface area contributed by atoms with Crippen molar-refractivity contribution in [3.63, 3.8) is 0 Å². The highest BCUT2D eigenvalue weighted by molar-refractivity contribution is 5.82. The first-order valence-corrected chi connectivity index (χ1v) is 7.53. The zero-order chi connectivity index (χ0) is 15.9. The van der Waals surface area contributed by atoms with Crippen LogP contribution in [0.4, 0.5) is 0 Å². The highest BCUT2D eigenvalue weighted by Gasteiger charge is 2.42. The van der Waals surface area contributed by atoms with Gasteiger partial charge < -0.3 is 10.4 Å². The van der Waals surface area contributed by atoms with Gasteiger partial charge in [-0.1, -0.05) is 43.3 Å². The summed E-state index contributed by atoms with van der Waals surface area (Å²) in [6, 6.07) is 9.83. The first kappa shape index (κ1) is 17.4. The summed E-state index contributed by atoms with van der Waals surface area (Å²) in [6.45, 7) is 7.52. The Kier molecular flexibility index (Phi) is 6.63. The van der Waals surface area contributed by atoms with Gasteiger partial charge in [0.05, 0.1) is 11.5 Å². The van der Waals surface area contributed by atoms with Crippen LogP contribution in [-0.2, 0) is 4.79 Å². The van der Waals surface area contributed by atoms with Gasteiger partial charge in [0.1, 0.15) is 0 Å². The SMILES string of the molecule is C=CCCC[C@](C)(C(=O)NC)C(O)C(C)c1ccccc1. The van der Waals surface area contributed by atoms with Gasteiger partial charge in [-0.3, -0.25) is 4.79 Å². The number of aliphatic hydroxyl groups is 1. The minimum absolute atomic E-state index is 0.0998. The predicted octanol–water partition coefficient (Wildman–Crippen LogP) is 3.26. The average molecular weight is 289 g/mol. The lowest BCUT2D eigenvalue weighted by Gasteiger charge is -2.36. The van der Waals surface area contributed by atoms with Crippen LogP contribution >= 0.6 is 0 Å². The van der Waals surface area contributed by atoms with Gasteiger partial charge in [-0.15, -0.1) is 6.58 Å². The Morgan fingerprint density at radius 3 is 2.57 bits per heavy atom. The number of carbonyl (C=O) groups excluding carboxylic acids is 1. The molecule has 3 nitrogen and oxygen atoms in total. The maximum Gasteiger partial charge on any atom is 0.228 e. The second-order valence-corrected chi connectivity index (χ2v) is 5.82. The summed E-state index contributed by atoms with van der Waals surface area (Å²) in [5, 5.41) is 13.5. The number of nitrogens with one attached hydrogen (secondary N) is 1. The summed E-state index contributed by atoms with van der Waals surface area (Å²) >= 11 is 0. The maximum atomic E-state index is 12.3. The minimum Gasteiger partial charge on any atom is -0.391 e. The number of amides is 1. The lowest BCUT2D eigenvalue weighted by molar-refractivity contribution is -0.138. The van der Waals surface area contributed by atoms with E-state index in [9.17, 15) is 9.90 Å². The Balaban J connectivity index is 2.96. The monoisotopic (exact) mass is 289 g/mol. The fraction of sp³-hybridized carbons (Fsp3) is 0.500. The van der Waals surface area contributed by atoms with E-state index in [0.717, 1.165) is 18.4 Å². The van der Waals surface area contributed by atoms with Crippen molar-refractivity contribution in [1.82, 2.24) is 5.32 Å². The molecule has 2 unspecified atom stereocenters. The number of aliphatic hydroxyl groups excluding tert-OH is 1. The molecule has 0 aromatic heterocycles. The van der Waals surface area contributed by atoms with Crippen molar-refractivity contribution in [2.24, 2.45) is 5.41 Å². The normalized spacial score (nSPS) is 16.6. The van der Waals surface area contributed by atoms with Crippen LogP contribution in [0.3, 0.4) is 0 Å². The van der Waals surface area contributed by atoms with Gasteiger partial charge in [-0.25, -0.2) is 0 Å². The van der Waals surface area contributed by atoms with Gasteiger partial charge in [0.25, 0.3) is 0 Å². The summed E-state index contributed by atoms with van der Waals surface area (Å²) in [4.78, 5) is 12.3. The molecule has 1 rings (SSSR count). The molecule has 0 saturated heterocycles. The van der Waals surface area contributed by atoms with Crippen molar-refractivity contribution in [2.75, 3.05) is 7.05 Å². The summed E-state index contributed by atoms with van der Waals surface area (Å²) in [6.07, 6.45) is 3.43. The smallest absolute Gasteiger partial charge is 0.228 e. The molecule has 2 N–H and O–H groups in total. The van der Waals surface area contributed by atoms with Gasteiger partial charge >= 0.3 is 0 Å². The Morgan fingerprint density at radius 1 is 1.43 bits per heavy atom. The van der Waals surface area contributed by atoms with E-state index in [4.69, 9.17) is 0 Å². The average Bonchev–Trinajstić information content (AvgIpc) is 2.53. The number of benzene rings is 1. The highest BCUT2D eigenvalue weighted by atomic mass is 16.3. The van der Waals surface area contributed by atoms with Crippen LogP contribution in [0.1, 0.15) is 44.6 Å². The molecule has 0 heterocycles. The van der Waals surface area contributed by atoms with Crippen LogP contribution in [0.2, 0.25) is 0 Å². The Morgan fingerprint density at radius 2 is 2.05 bits per heavy atom. The second-order valence-electron chi connectivity index (χ2n) is 5.82. The molecule has 1 amide bonds. The van der Waals surface area contributed by atoms with Crippen LogP contribution in [0.15, 0.2) is 43.0 Å². The molecule has 3 heteroatoms. The van der Waals surface area contributed by atoms with E-state index in [1.807, 2.05) is 50.3 Å². The molecule has 0 bridgehead atoms. The Hall–Kier alpha value is -1.61. The van der Waals surface area contributed by atoms with Crippen LogP contribution < -0.4 is 5.32 Å². The summed E-state index contributed by atoms with van der Waals surface area (Å²) in [5.74, 6) is -0.209. The molecule has 1 aromatic carbocycles. The number of hydrogen-bond acceptors (Lipinski definition) is 2. The summed E-state index contributed by atoms with van der Waals surface area (Å²) < 4.78 is 0. The van der Waals surface area contributed by atoms with Crippen molar-refractivity contribution in [2.45, 2.75) is 45.1 Å². The van der Waals surface area contributed by atoms with Gasteiger partial charge in [-0.05, 0) is 31.7 Å². The predicted molar refractivity (Wildman–Crippen MR) is 87.1 cm³/mol. The van der Waals surface area contributed by atoms with Crippen molar-refractivity contribution >= 4 is 5.91 Å².